The first-order valence-corrected chi connectivity index (χ1v) is 4.33. The maximum absolute atomic E-state index is 10.7. The van der Waals surface area contributed by atoms with Gasteiger partial charge in [-0.05, 0) is 12.8 Å². The molecule has 6 nitrogen and oxygen atoms in total. The summed E-state index contributed by atoms with van der Waals surface area (Å²) in [6.45, 7) is 0.288. The van der Waals surface area contributed by atoms with Gasteiger partial charge in [0.05, 0.1) is 13.2 Å². The molecule has 2 unspecified atom stereocenters. The number of amides is 1. The average Bonchev–Trinajstić information content (AvgIpc) is 2.62. The van der Waals surface area contributed by atoms with Gasteiger partial charge in [-0.15, -0.1) is 0 Å². The molecule has 80 valence electrons. The van der Waals surface area contributed by atoms with Crippen LogP contribution < -0.4 is 5.32 Å². The van der Waals surface area contributed by atoms with E-state index in [1.165, 1.54) is 7.11 Å². The van der Waals surface area contributed by atoms with Gasteiger partial charge < -0.3 is 19.9 Å². The second-order valence-electron chi connectivity index (χ2n) is 3.03. The second-order valence-corrected chi connectivity index (χ2v) is 3.03. The number of rotatable bonds is 3. The Morgan fingerprint density at radius 2 is 2.29 bits per heavy atom. The first kappa shape index (κ1) is 10.8. The molecule has 14 heavy (non-hydrogen) atoms. The SMILES string of the molecule is COC(=O)NCC1CCC(C(=O)O)O1. The lowest BCUT2D eigenvalue weighted by atomic mass is 10.2. The monoisotopic (exact) mass is 203 g/mol. The van der Waals surface area contributed by atoms with E-state index in [9.17, 15) is 9.59 Å². The van der Waals surface area contributed by atoms with Gasteiger partial charge in [0.25, 0.3) is 0 Å². The lowest BCUT2D eigenvalue weighted by Crippen LogP contribution is -2.32. The highest BCUT2D eigenvalue weighted by atomic mass is 16.5. The Bertz CT molecular complexity index is 230. The van der Waals surface area contributed by atoms with Crippen LogP contribution in [0.3, 0.4) is 0 Å². The zero-order chi connectivity index (χ0) is 10.6. The fraction of sp³-hybridized carbons (Fsp3) is 0.750. The summed E-state index contributed by atoms with van der Waals surface area (Å²) in [5.41, 5.74) is 0. The summed E-state index contributed by atoms with van der Waals surface area (Å²) in [5.74, 6) is -0.953. The van der Waals surface area contributed by atoms with E-state index in [1.54, 1.807) is 0 Å². The number of hydrogen-bond acceptors (Lipinski definition) is 4. The zero-order valence-electron chi connectivity index (χ0n) is 7.86. The molecule has 1 aliphatic rings. The lowest BCUT2D eigenvalue weighted by Gasteiger charge is -2.11. The molecule has 0 aromatic heterocycles. The van der Waals surface area contributed by atoms with Crippen molar-refractivity contribution in [2.24, 2.45) is 0 Å². The van der Waals surface area contributed by atoms with Gasteiger partial charge >= 0.3 is 12.1 Å². The van der Waals surface area contributed by atoms with Gasteiger partial charge in [-0.3, -0.25) is 0 Å². The summed E-state index contributed by atoms with van der Waals surface area (Å²) in [6.07, 6.45) is -0.369. The van der Waals surface area contributed by atoms with Crippen molar-refractivity contribution in [1.82, 2.24) is 5.32 Å². The molecular weight excluding hydrogens is 190 g/mol. The molecule has 0 aromatic rings. The molecule has 6 heteroatoms. The number of hydrogen-bond donors (Lipinski definition) is 2. The van der Waals surface area contributed by atoms with Crippen molar-refractivity contribution in [3.63, 3.8) is 0 Å². The minimum Gasteiger partial charge on any atom is -0.479 e. The number of nitrogens with one attached hydrogen (secondary N) is 1. The van der Waals surface area contributed by atoms with Crippen molar-refractivity contribution >= 4 is 12.1 Å². The molecular formula is C8H13NO5. The van der Waals surface area contributed by atoms with Crippen LogP contribution in [-0.4, -0.2) is 43.0 Å². The Balaban J connectivity index is 2.22. The fourth-order valence-corrected chi connectivity index (χ4v) is 1.31. The maximum Gasteiger partial charge on any atom is 0.406 e. The quantitative estimate of drug-likeness (QED) is 0.673. The molecule has 1 saturated heterocycles. The smallest absolute Gasteiger partial charge is 0.406 e. The van der Waals surface area contributed by atoms with Gasteiger partial charge in [0.15, 0.2) is 6.10 Å². The summed E-state index contributed by atoms with van der Waals surface area (Å²) in [7, 11) is 1.27. The van der Waals surface area contributed by atoms with Crippen molar-refractivity contribution in [1.29, 1.82) is 0 Å². The van der Waals surface area contributed by atoms with Crippen LogP contribution in [0, 0.1) is 0 Å². The van der Waals surface area contributed by atoms with Crippen molar-refractivity contribution in [2.75, 3.05) is 13.7 Å². The highest BCUT2D eigenvalue weighted by Gasteiger charge is 2.30. The third-order valence-corrected chi connectivity index (χ3v) is 2.04. The number of alkyl carbamates (subject to hydrolysis) is 1. The number of ether oxygens (including phenoxy) is 2. The molecule has 2 N–H and O–H groups in total. The highest BCUT2D eigenvalue weighted by Crippen LogP contribution is 2.19. The topological polar surface area (TPSA) is 84.9 Å². The number of carboxylic acid groups (broad SMARTS) is 1. The third-order valence-electron chi connectivity index (χ3n) is 2.04. The Labute approximate surface area is 81.2 Å². The van der Waals surface area contributed by atoms with Crippen LogP contribution in [0.4, 0.5) is 4.79 Å². The first-order chi connectivity index (χ1) is 6.63. The van der Waals surface area contributed by atoms with Crippen molar-refractivity contribution in [3.05, 3.63) is 0 Å². The van der Waals surface area contributed by atoms with Crippen LogP contribution in [-0.2, 0) is 14.3 Å². The largest absolute Gasteiger partial charge is 0.479 e. The molecule has 2 atom stereocenters. The minimum atomic E-state index is -0.953. The molecule has 1 heterocycles. The van der Waals surface area contributed by atoms with Crippen molar-refractivity contribution < 1.29 is 24.2 Å². The second kappa shape index (κ2) is 4.80. The molecule has 0 saturated carbocycles. The molecule has 1 rings (SSSR count). The summed E-state index contributed by atoms with van der Waals surface area (Å²) in [6, 6.07) is 0. The van der Waals surface area contributed by atoms with E-state index in [0.717, 1.165) is 0 Å². The van der Waals surface area contributed by atoms with E-state index >= 15 is 0 Å². The zero-order valence-corrected chi connectivity index (χ0v) is 7.86. The van der Waals surface area contributed by atoms with Crippen LogP contribution in [0.1, 0.15) is 12.8 Å². The van der Waals surface area contributed by atoms with E-state index in [4.69, 9.17) is 9.84 Å². The molecule has 1 fully saturated rings. The van der Waals surface area contributed by atoms with Gasteiger partial charge in [0, 0.05) is 6.54 Å². The van der Waals surface area contributed by atoms with E-state index < -0.39 is 18.2 Å². The van der Waals surface area contributed by atoms with Gasteiger partial charge in [-0.1, -0.05) is 0 Å². The van der Waals surface area contributed by atoms with Crippen LogP contribution in [0.25, 0.3) is 0 Å². The summed E-state index contributed by atoms with van der Waals surface area (Å²) in [4.78, 5) is 21.2. The Morgan fingerprint density at radius 3 is 2.79 bits per heavy atom. The molecule has 0 aromatic carbocycles. The van der Waals surface area contributed by atoms with E-state index in [0.29, 0.717) is 12.8 Å². The third kappa shape index (κ3) is 2.88. The van der Waals surface area contributed by atoms with Crippen molar-refractivity contribution in [2.45, 2.75) is 25.0 Å². The van der Waals surface area contributed by atoms with Crippen LogP contribution in [0.15, 0.2) is 0 Å². The summed E-state index contributed by atoms with van der Waals surface area (Å²) < 4.78 is 9.51. The first-order valence-electron chi connectivity index (χ1n) is 4.33. The Morgan fingerprint density at radius 1 is 1.57 bits per heavy atom. The summed E-state index contributed by atoms with van der Waals surface area (Å²) >= 11 is 0. The number of carboxylic acids is 1. The van der Waals surface area contributed by atoms with E-state index in [-0.39, 0.29) is 12.6 Å². The van der Waals surface area contributed by atoms with Crippen LogP contribution in [0.2, 0.25) is 0 Å². The molecule has 0 radical (unpaired) electrons. The number of carbonyl (C=O) groups is 2. The van der Waals surface area contributed by atoms with Crippen LogP contribution in [0.5, 0.6) is 0 Å². The van der Waals surface area contributed by atoms with Gasteiger partial charge in [0.2, 0.25) is 0 Å². The fourth-order valence-electron chi connectivity index (χ4n) is 1.31. The van der Waals surface area contributed by atoms with Gasteiger partial charge in [-0.2, -0.15) is 0 Å². The van der Waals surface area contributed by atoms with Crippen molar-refractivity contribution in [3.8, 4) is 0 Å². The number of aliphatic carboxylic acids is 1. The molecule has 1 aliphatic heterocycles. The maximum atomic E-state index is 10.7. The Kier molecular flexibility index (Phi) is 3.70. The van der Waals surface area contributed by atoms with Crippen LogP contribution >= 0.6 is 0 Å². The Hall–Kier alpha value is -1.30. The normalized spacial score (nSPS) is 25.8. The number of methoxy groups -OCH3 is 1. The molecule has 0 spiro atoms. The van der Waals surface area contributed by atoms with E-state index in [2.05, 4.69) is 10.1 Å². The van der Waals surface area contributed by atoms with Gasteiger partial charge in [-0.25, -0.2) is 9.59 Å². The average molecular weight is 203 g/mol. The summed E-state index contributed by atoms with van der Waals surface area (Å²) in [5, 5.41) is 11.1. The molecule has 0 aliphatic carbocycles. The molecule has 1 amide bonds. The number of carbonyl (C=O) groups excluding carboxylic acids is 1. The highest BCUT2D eigenvalue weighted by molar-refractivity contribution is 5.72. The predicted molar refractivity (Wildman–Crippen MR) is 45.9 cm³/mol. The van der Waals surface area contributed by atoms with Gasteiger partial charge in [0.1, 0.15) is 0 Å². The van der Waals surface area contributed by atoms with E-state index in [1.807, 2.05) is 0 Å². The predicted octanol–water partition coefficient (Wildman–Crippen LogP) is -0.0254. The standard InChI is InChI=1S/C8H13NO5/c1-13-8(12)9-4-5-2-3-6(14-5)7(10)11/h5-6H,2-4H2,1H3,(H,9,12)(H,10,11). The lowest BCUT2D eigenvalue weighted by molar-refractivity contribution is -0.149. The molecule has 0 bridgehead atoms. The minimum absolute atomic E-state index is 0.227.